The third-order valence-electron chi connectivity index (χ3n) is 2.81. The van der Waals surface area contributed by atoms with Gasteiger partial charge < -0.3 is 0 Å². The Kier molecular flexibility index (Phi) is 5.35. The van der Waals surface area contributed by atoms with Crippen molar-refractivity contribution in [3.63, 3.8) is 0 Å². The van der Waals surface area contributed by atoms with E-state index < -0.39 is 0 Å². The second kappa shape index (κ2) is 6.83. The molecule has 0 heterocycles. The highest BCUT2D eigenvalue weighted by atomic mass is 79.9. The van der Waals surface area contributed by atoms with Crippen LogP contribution in [0.3, 0.4) is 0 Å². The van der Waals surface area contributed by atoms with Crippen molar-refractivity contribution in [1.29, 1.82) is 0 Å². The van der Waals surface area contributed by atoms with Crippen LogP contribution in [-0.2, 0) is 6.42 Å². The van der Waals surface area contributed by atoms with Gasteiger partial charge in [0.1, 0.15) is 0 Å². The minimum absolute atomic E-state index is 0.116. The topological polar surface area (TPSA) is 43.1 Å². The van der Waals surface area contributed by atoms with Crippen molar-refractivity contribution in [2.45, 2.75) is 11.2 Å². The average Bonchev–Trinajstić information content (AvgIpc) is 2.38. The van der Waals surface area contributed by atoms with Gasteiger partial charge >= 0.3 is 0 Å². The minimum atomic E-state index is -0.388. The molecule has 104 valence electrons. The summed E-state index contributed by atoms with van der Waals surface area (Å²) in [4.78, 5) is 10.4. The van der Waals surface area contributed by atoms with E-state index in [0.29, 0.717) is 0 Å². The monoisotopic (exact) mass is 461 g/mol. The predicted molar refractivity (Wildman–Crippen MR) is 90.3 cm³/mol. The lowest BCUT2D eigenvalue weighted by molar-refractivity contribution is -0.384. The van der Waals surface area contributed by atoms with Crippen molar-refractivity contribution in [2.75, 3.05) is 0 Å². The van der Waals surface area contributed by atoms with Crippen LogP contribution in [0, 0.1) is 10.1 Å². The number of nitro benzene ring substituents is 1. The molecular weight excluding hydrogens is 454 g/mol. The van der Waals surface area contributed by atoms with E-state index in [2.05, 4.69) is 59.9 Å². The molecule has 3 nitrogen and oxygen atoms in total. The van der Waals surface area contributed by atoms with Crippen LogP contribution >= 0.6 is 47.8 Å². The van der Waals surface area contributed by atoms with Gasteiger partial charge in [-0.2, -0.15) is 0 Å². The predicted octanol–water partition coefficient (Wildman–Crippen LogP) is 5.80. The lowest BCUT2D eigenvalue weighted by Gasteiger charge is -2.11. The zero-order valence-corrected chi connectivity index (χ0v) is 15.0. The number of hydrogen-bond donors (Lipinski definition) is 0. The maximum atomic E-state index is 10.6. The molecule has 6 heteroatoms. The normalized spacial score (nSPS) is 12.2. The Labute approximate surface area is 141 Å². The molecule has 0 N–H and O–H groups in total. The Hall–Kier alpha value is -0.720. The Bertz CT molecular complexity index is 609. The molecule has 0 fully saturated rings. The molecule has 20 heavy (non-hydrogen) atoms. The second-order valence-corrected chi connectivity index (χ2v) is 7.23. The largest absolute Gasteiger partial charge is 0.269 e. The summed E-state index contributed by atoms with van der Waals surface area (Å²) in [5.74, 6) is 0. The molecule has 0 saturated carbocycles. The van der Waals surface area contributed by atoms with Crippen LogP contribution in [0.2, 0.25) is 0 Å². The highest BCUT2D eigenvalue weighted by Gasteiger charge is 2.11. The molecular formula is C14H10Br3NO2. The summed E-state index contributed by atoms with van der Waals surface area (Å²) in [6, 6.07) is 12.7. The smallest absolute Gasteiger partial charge is 0.258 e. The van der Waals surface area contributed by atoms with Gasteiger partial charge in [-0.05, 0) is 35.7 Å². The van der Waals surface area contributed by atoms with Gasteiger partial charge in [-0.3, -0.25) is 10.1 Å². The molecule has 0 aliphatic carbocycles. The number of nitro groups is 1. The number of rotatable bonds is 4. The summed E-state index contributed by atoms with van der Waals surface area (Å²) in [7, 11) is 0. The van der Waals surface area contributed by atoms with E-state index >= 15 is 0 Å². The zero-order chi connectivity index (χ0) is 14.7. The van der Waals surface area contributed by atoms with Gasteiger partial charge in [-0.15, -0.1) is 0 Å². The number of hydrogen-bond acceptors (Lipinski definition) is 2. The fourth-order valence-corrected chi connectivity index (χ4v) is 3.80. The van der Waals surface area contributed by atoms with Gasteiger partial charge in [-0.25, -0.2) is 0 Å². The Morgan fingerprint density at radius 3 is 2.10 bits per heavy atom. The van der Waals surface area contributed by atoms with Crippen molar-refractivity contribution >= 4 is 53.5 Å². The summed E-state index contributed by atoms with van der Waals surface area (Å²) in [6.45, 7) is 0. The molecule has 0 aromatic heterocycles. The molecule has 0 bridgehead atoms. The Morgan fingerprint density at radius 1 is 1.05 bits per heavy atom. The maximum Gasteiger partial charge on any atom is 0.269 e. The fourth-order valence-electron chi connectivity index (χ4n) is 1.83. The lowest BCUT2D eigenvalue weighted by Crippen LogP contribution is -1.96. The van der Waals surface area contributed by atoms with Crippen LogP contribution in [-0.4, -0.2) is 4.92 Å². The van der Waals surface area contributed by atoms with Gasteiger partial charge in [0.05, 0.1) is 4.92 Å². The first-order valence-electron chi connectivity index (χ1n) is 5.79. The molecule has 1 unspecified atom stereocenters. The molecule has 0 aliphatic rings. The van der Waals surface area contributed by atoms with Crippen molar-refractivity contribution in [1.82, 2.24) is 0 Å². The molecule has 0 spiro atoms. The molecule has 2 aromatic rings. The zero-order valence-electron chi connectivity index (χ0n) is 10.2. The molecule has 1 atom stereocenters. The maximum absolute atomic E-state index is 10.6. The Balaban J connectivity index is 2.14. The lowest BCUT2D eigenvalue weighted by atomic mass is 10.0. The third-order valence-corrected chi connectivity index (χ3v) is 4.58. The van der Waals surface area contributed by atoms with E-state index in [1.807, 2.05) is 6.07 Å². The first-order valence-corrected chi connectivity index (χ1v) is 8.29. The van der Waals surface area contributed by atoms with Gasteiger partial charge in [0, 0.05) is 25.9 Å². The Morgan fingerprint density at radius 2 is 1.60 bits per heavy atom. The molecule has 2 rings (SSSR count). The number of non-ortho nitro benzene ring substituents is 1. The number of benzene rings is 2. The highest BCUT2D eigenvalue weighted by molar-refractivity contribution is 9.11. The van der Waals surface area contributed by atoms with Crippen molar-refractivity contribution < 1.29 is 4.92 Å². The standard InChI is InChI=1S/C14H10Br3NO2/c15-11-6-10(7-12(16)8-11)14(17)5-9-1-3-13(4-2-9)18(19)20/h1-4,6-8,14H,5H2. The summed E-state index contributed by atoms with van der Waals surface area (Å²) in [5, 5.41) is 10.6. The SMILES string of the molecule is O=[N+]([O-])c1ccc(CC(Br)c2cc(Br)cc(Br)c2)cc1. The minimum Gasteiger partial charge on any atom is -0.258 e. The van der Waals surface area contributed by atoms with Crippen LogP contribution in [0.4, 0.5) is 5.69 Å². The van der Waals surface area contributed by atoms with Crippen molar-refractivity contribution in [2.24, 2.45) is 0 Å². The summed E-state index contributed by atoms with van der Waals surface area (Å²) in [6.07, 6.45) is 0.765. The first-order chi connectivity index (χ1) is 9.45. The molecule has 2 aromatic carbocycles. The number of alkyl halides is 1. The molecule has 0 radical (unpaired) electrons. The van der Waals surface area contributed by atoms with Crippen LogP contribution in [0.1, 0.15) is 16.0 Å². The van der Waals surface area contributed by atoms with E-state index in [1.54, 1.807) is 12.1 Å². The summed E-state index contributed by atoms with van der Waals surface area (Å²) >= 11 is 10.6. The average molecular weight is 464 g/mol. The van der Waals surface area contributed by atoms with Crippen molar-refractivity contribution in [3.05, 3.63) is 72.7 Å². The third kappa shape index (κ3) is 4.14. The van der Waals surface area contributed by atoms with E-state index in [0.717, 1.165) is 26.5 Å². The van der Waals surface area contributed by atoms with Gasteiger partial charge in [0.15, 0.2) is 0 Å². The summed E-state index contributed by atoms with van der Waals surface area (Å²) in [5.41, 5.74) is 2.31. The van der Waals surface area contributed by atoms with Crippen LogP contribution in [0.25, 0.3) is 0 Å². The number of nitrogens with zero attached hydrogens (tertiary/aromatic N) is 1. The van der Waals surface area contributed by atoms with Crippen LogP contribution in [0.5, 0.6) is 0 Å². The van der Waals surface area contributed by atoms with E-state index in [-0.39, 0.29) is 15.4 Å². The van der Waals surface area contributed by atoms with E-state index in [4.69, 9.17) is 0 Å². The number of halogens is 3. The highest BCUT2D eigenvalue weighted by Crippen LogP contribution is 2.31. The van der Waals surface area contributed by atoms with Crippen LogP contribution < -0.4 is 0 Å². The van der Waals surface area contributed by atoms with Crippen LogP contribution in [0.15, 0.2) is 51.4 Å². The fraction of sp³-hybridized carbons (Fsp3) is 0.143. The molecule has 0 amide bonds. The molecule has 0 aliphatic heterocycles. The van der Waals surface area contributed by atoms with Gasteiger partial charge in [0.25, 0.3) is 5.69 Å². The second-order valence-electron chi connectivity index (χ2n) is 4.30. The summed E-state index contributed by atoms with van der Waals surface area (Å²) < 4.78 is 2.02. The quantitative estimate of drug-likeness (QED) is 0.327. The molecule has 0 saturated heterocycles. The van der Waals surface area contributed by atoms with Gasteiger partial charge in [-0.1, -0.05) is 59.9 Å². The van der Waals surface area contributed by atoms with E-state index in [9.17, 15) is 10.1 Å². The van der Waals surface area contributed by atoms with Gasteiger partial charge in [0.2, 0.25) is 0 Å². The first kappa shape index (κ1) is 15.7. The van der Waals surface area contributed by atoms with E-state index in [1.165, 1.54) is 12.1 Å². The van der Waals surface area contributed by atoms with Crippen molar-refractivity contribution in [3.8, 4) is 0 Å².